The van der Waals surface area contributed by atoms with Crippen molar-refractivity contribution in [2.75, 3.05) is 20.3 Å². The van der Waals surface area contributed by atoms with Crippen molar-refractivity contribution in [2.45, 2.75) is 31.2 Å². The number of rotatable bonds is 8. The minimum Gasteiger partial charge on any atom is -0.484 e. The van der Waals surface area contributed by atoms with Crippen molar-refractivity contribution in [1.29, 1.82) is 0 Å². The van der Waals surface area contributed by atoms with Gasteiger partial charge < -0.3 is 20.1 Å². The summed E-state index contributed by atoms with van der Waals surface area (Å²) in [5.74, 6) is -1.57. The number of amides is 2. The molecule has 2 aromatic carbocycles. The van der Waals surface area contributed by atoms with Gasteiger partial charge in [-0.05, 0) is 49.6 Å². The summed E-state index contributed by atoms with van der Waals surface area (Å²) >= 11 is 6.41. The van der Waals surface area contributed by atoms with Crippen molar-refractivity contribution in [3.63, 3.8) is 0 Å². The number of carbonyl (C=O) groups excluding carboxylic acids is 4. The number of carbonyl (C=O) groups is 4. The van der Waals surface area contributed by atoms with E-state index in [1.165, 1.54) is 36.2 Å². The maximum atomic E-state index is 13.1. The monoisotopic (exact) mass is 472 g/mol. The van der Waals surface area contributed by atoms with Gasteiger partial charge in [0.15, 0.2) is 19.0 Å². The normalized spacial score (nSPS) is 17.8. The molecule has 8 nitrogen and oxygen atoms in total. The molecule has 0 bridgehead atoms. The Morgan fingerprint density at radius 1 is 1.06 bits per heavy atom. The number of hydrogen-bond acceptors (Lipinski definition) is 6. The fraction of sp³-hybridized carbons (Fsp3) is 0.333. The van der Waals surface area contributed by atoms with Crippen LogP contribution in [0.5, 0.6) is 5.75 Å². The van der Waals surface area contributed by atoms with Gasteiger partial charge in [-0.15, -0.1) is 0 Å². The van der Waals surface area contributed by atoms with Crippen LogP contribution < -0.4 is 10.5 Å². The van der Waals surface area contributed by atoms with Gasteiger partial charge in [0.2, 0.25) is 0 Å². The van der Waals surface area contributed by atoms with E-state index in [1.807, 2.05) is 0 Å². The van der Waals surface area contributed by atoms with Crippen LogP contribution in [0, 0.1) is 0 Å². The maximum Gasteiger partial charge on any atom is 0.338 e. The predicted molar refractivity (Wildman–Crippen MR) is 121 cm³/mol. The summed E-state index contributed by atoms with van der Waals surface area (Å²) in [4.78, 5) is 50.6. The smallest absolute Gasteiger partial charge is 0.338 e. The zero-order chi connectivity index (χ0) is 24.0. The zero-order valence-corrected chi connectivity index (χ0v) is 19.0. The lowest BCUT2D eigenvalue weighted by atomic mass is 9.74. The van der Waals surface area contributed by atoms with E-state index in [4.69, 9.17) is 26.8 Å². The van der Waals surface area contributed by atoms with Crippen molar-refractivity contribution in [2.24, 2.45) is 5.73 Å². The van der Waals surface area contributed by atoms with Gasteiger partial charge in [0.25, 0.3) is 11.8 Å². The maximum absolute atomic E-state index is 13.1. The van der Waals surface area contributed by atoms with Crippen molar-refractivity contribution in [1.82, 2.24) is 4.90 Å². The molecule has 0 saturated heterocycles. The Hall–Kier alpha value is -3.39. The van der Waals surface area contributed by atoms with Crippen LogP contribution in [-0.4, -0.2) is 48.7 Å². The molecule has 0 aromatic heterocycles. The number of ether oxygens (including phenoxy) is 2. The van der Waals surface area contributed by atoms with Crippen LogP contribution >= 0.6 is 11.6 Å². The first kappa shape index (κ1) is 24.3. The lowest BCUT2D eigenvalue weighted by Gasteiger charge is -2.43. The molecule has 1 atom stereocenters. The van der Waals surface area contributed by atoms with Crippen LogP contribution in [0.3, 0.4) is 0 Å². The summed E-state index contributed by atoms with van der Waals surface area (Å²) in [6.45, 7) is -0.814. The Balaban J connectivity index is 1.71. The third-order valence-corrected chi connectivity index (χ3v) is 6.05. The molecule has 2 aromatic rings. The van der Waals surface area contributed by atoms with Gasteiger partial charge in [-0.2, -0.15) is 0 Å². The van der Waals surface area contributed by atoms with Gasteiger partial charge >= 0.3 is 5.97 Å². The van der Waals surface area contributed by atoms with Crippen LogP contribution in [0.15, 0.2) is 48.5 Å². The molecule has 0 radical (unpaired) electrons. The second-order valence-electron chi connectivity index (χ2n) is 7.78. The predicted octanol–water partition coefficient (Wildman–Crippen LogP) is 2.86. The molecule has 9 heteroatoms. The highest BCUT2D eigenvalue weighted by molar-refractivity contribution is 6.31. The van der Waals surface area contributed by atoms with Crippen LogP contribution in [-0.2, 0) is 24.7 Å². The minimum atomic E-state index is -1.19. The molecular formula is C24H25ClN2O6. The number of Topliss-reactive ketones (excluding diaryl/α,β-unsaturated/α-hetero) is 1. The van der Waals surface area contributed by atoms with E-state index in [0.29, 0.717) is 29.2 Å². The number of nitrogens with zero attached hydrogens (tertiary/aromatic N) is 1. The molecule has 0 unspecified atom stereocenters. The van der Waals surface area contributed by atoms with E-state index in [1.54, 1.807) is 24.3 Å². The van der Waals surface area contributed by atoms with Gasteiger partial charge in [-0.1, -0.05) is 29.8 Å². The van der Waals surface area contributed by atoms with Crippen molar-refractivity contribution < 1.29 is 28.7 Å². The first-order valence-electron chi connectivity index (χ1n) is 10.5. The Labute approximate surface area is 196 Å². The van der Waals surface area contributed by atoms with Gasteiger partial charge in [0, 0.05) is 24.1 Å². The third kappa shape index (κ3) is 5.34. The van der Waals surface area contributed by atoms with Crippen molar-refractivity contribution in [3.05, 3.63) is 64.7 Å². The molecule has 0 heterocycles. The van der Waals surface area contributed by atoms with E-state index < -0.39 is 29.9 Å². The highest BCUT2D eigenvalue weighted by Gasteiger charge is 2.48. The summed E-state index contributed by atoms with van der Waals surface area (Å²) in [6.07, 6.45) is 2.30. The molecule has 1 saturated carbocycles. The lowest BCUT2D eigenvalue weighted by molar-refractivity contribution is -0.150. The van der Waals surface area contributed by atoms with E-state index in [9.17, 15) is 19.2 Å². The Morgan fingerprint density at radius 2 is 1.76 bits per heavy atom. The molecule has 1 aliphatic carbocycles. The van der Waals surface area contributed by atoms with Crippen LogP contribution in [0.4, 0.5) is 0 Å². The van der Waals surface area contributed by atoms with E-state index in [2.05, 4.69) is 0 Å². The van der Waals surface area contributed by atoms with Gasteiger partial charge in [0.05, 0.1) is 5.56 Å². The fourth-order valence-corrected chi connectivity index (χ4v) is 4.28. The van der Waals surface area contributed by atoms with E-state index >= 15 is 0 Å². The second-order valence-corrected chi connectivity index (χ2v) is 8.19. The molecule has 0 spiro atoms. The molecule has 1 fully saturated rings. The lowest BCUT2D eigenvalue weighted by Crippen LogP contribution is -2.55. The summed E-state index contributed by atoms with van der Waals surface area (Å²) in [5, 5.41) is 0.406. The van der Waals surface area contributed by atoms with E-state index in [-0.39, 0.29) is 18.0 Å². The summed E-state index contributed by atoms with van der Waals surface area (Å²) in [7, 11) is 1.54. The molecule has 0 aliphatic heterocycles. The molecule has 2 amide bonds. The zero-order valence-electron chi connectivity index (χ0n) is 18.2. The molecule has 3 rings (SSSR count). The van der Waals surface area contributed by atoms with Crippen LogP contribution in [0.1, 0.15) is 41.6 Å². The first-order chi connectivity index (χ1) is 15.8. The quantitative estimate of drug-likeness (QED) is 0.590. The number of benzene rings is 2. The summed E-state index contributed by atoms with van der Waals surface area (Å²) in [6, 6.07) is 12.9. The van der Waals surface area contributed by atoms with Gasteiger partial charge in [0.1, 0.15) is 11.3 Å². The van der Waals surface area contributed by atoms with Crippen molar-refractivity contribution >= 4 is 35.2 Å². The molecular weight excluding hydrogens is 448 g/mol. The SMILES string of the molecule is CN(C(=O)COC(=O)c1ccc(OCC(N)=O)cc1)[C@@]1(c2ccccc2Cl)CCCCC1=O. The highest BCUT2D eigenvalue weighted by Crippen LogP contribution is 2.42. The number of ketones is 1. The summed E-state index contributed by atoms with van der Waals surface area (Å²) < 4.78 is 10.3. The molecule has 174 valence electrons. The standard InChI is InChI=1S/C24H25ClN2O6/c1-27(24(13-5-4-8-20(24)28)18-6-2-3-7-19(18)25)22(30)15-33-23(31)16-9-11-17(12-10-16)32-14-21(26)29/h2-3,6-7,9-12H,4-5,8,13-15H2,1H3,(H2,26,29)/t24-/m1/s1. The summed E-state index contributed by atoms with van der Waals surface area (Å²) in [5.41, 5.74) is 4.61. The van der Waals surface area contributed by atoms with Crippen molar-refractivity contribution in [3.8, 4) is 5.75 Å². The Kier molecular flexibility index (Phi) is 7.71. The highest BCUT2D eigenvalue weighted by atomic mass is 35.5. The number of nitrogens with two attached hydrogens (primary N) is 1. The number of likely N-dealkylation sites (N-methyl/N-ethyl adjacent to an activating group) is 1. The fourth-order valence-electron chi connectivity index (χ4n) is 3.99. The average Bonchev–Trinajstić information content (AvgIpc) is 2.81. The third-order valence-electron chi connectivity index (χ3n) is 5.72. The minimum absolute atomic E-state index is 0.0874. The Morgan fingerprint density at radius 3 is 2.39 bits per heavy atom. The molecule has 1 aliphatic rings. The van der Waals surface area contributed by atoms with Crippen LogP contribution in [0.2, 0.25) is 5.02 Å². The second kappa shape index (κ2) is 10.5. The molecule has 2 N–H and O–H groups in total. The number of hydrogen-bond donors (Lipinski definition) is 1. The number of halogens is 1. The van der Waals surface area contributed by atoms with Gasteiger partial charge in [-0.3, -0.25) is 14.4 Å². The topological polar surface area (TPSA) is 116 Å². The average molecular weight is 473 g/mol. The number of esters is 1. The molecule has 33 heavy (non-hydrogen) atoms. The number of primary amides is 1. The largest absolute Gasteiger partial charge is 0.484 e. The van der Waals surface area contributed by atoms with Crippen LogP contribution in [0.25, 0.3) is 0 Å². The Bertz CT molecular complexity index is 1060. The van der Waals surface area contributed by atoms with E-state index in [0.717, 1.165) is 12.8 Å². The first-order valence-corrected chi connectivity index (χ1v) is 10.9. The van der Waals surface area contributed by atoms with Gasteiger partial charge in [-0.25, -0.2) is 4.79 Å².